The van der Waals surface area contributed by atoms with Crippen LogP contribution in [0.5, 0.6) is 0 Å². The molecule has 1 saturated carbocycles. The van der Waals surface area contributed by atoms with E-state index in [9.17, 15) is 4.79 Å². The largest absolute Gasteiger partial charge is 0.323 e. The van der Waals surface area contributed by atoms with E-state index in [-0.39, 0.29) is 6.03 Å². The summed E-state index contributed by atoms with van der Waals surface area (Å²) in [6, 6.07) is 4.38. The van der Waals surface area contributed by atoms with Crippen LogP contribution in [0.15, 0.2) is 18.3 Å². The monoisotopic (exact) mass is 189 g/mol. The molecule has 1 aliphatic heterocycles. The summed E-state index contributed by atoms with van der Waals surface area (Å²) in [6.45, 7) is 0.708. The number of nitrogens with one attached hydrogen (secondary N) is 1. The fraction of sp³-hybridized carbons (Fsp3) is 0.400. The second kappa shape index (κ2) is 2.70. The van der Waals surface area contributed by atoms with Crippen molar-refractivity contribution in [3.8, 4) is 0 Å². The predicted octanol–water partition coefficient (Wildman–Crippen LogP) is 1.59. The molecule has 1 aromatic heterocycles. The highest BCUT2D eigenvalue weighted by Crippen LogP contribution is 2.32. The molecule has 1 aliphatic carbocycles. The maximum Gasteiger partial charge on any atom is 0.323 e. The fourth-order valence-electron chi connectivity index (χ4n) is 1.79. The SMILES string of the molecule is O=C1Nc2ncccc2CN1C1CC1. The van der Waals surface area contributed by atoms with E-state index in [1.54, 1.807) is 6.20 Å². The number of rotatable bonds is 1. The lowest BCUT2D eigenvalue weighted by Gasteiger charge is -2.28. The molecule has 0 bridgehead atoms. The van der Waals surface area contributed by atoms with Crippen molar-refractivity contribution in [2.75, 3.05) is 5.32 Å². The molecule has 1 N–H and O–H groups in total. The molecular formula is C10H11N3O. The maximum absolute atomic E-state index is 11.6. The smallest absolute Gasteiger partial charge is 0.317 e. The van der Waals surface area contributed by atoms with Gasteiger partial charge in [0.25, 0.3) is 0 Å². The van der Waals surface area contributed by atoms with Crippen molar-refractivity contribution in [1.82, 2.24) is 9.88 Å². The molecule has 0 atom stereocenters. The Balaban J connectivity index is 1.94. The third-order valence-electron chi connectivity index (χ3n) is 2.71. The number of nitrogens with zero attached hydrogens (tertiary/aromatic N) is 2. The van der Waals surface area contributed by atoms with Crippen molar-refractivity contribution in [3.05, 3.63) is 23.9 Å². The van der Waals surface area contributed by atoms with Gasteiger partial charge < -0.3 is 4.90 Å². The number of hydrogen-bond acceptors (Lipinski definition) is 2. The molecule has 1 fully saturated rings. The van der Waals surface area contributed by atoms with E-state index in [2.05, 4.69) is 10.3 Å². The number of aromatic nitrogens is 1. The highest BCUT2D eigenvalue weighted by Gasteiger charge is 2.35. The molecule has 0 saturated heterocycles. The molecule has 3 rings (SSSR count). The third kappa shape index (κ3) is 1.14. The summed E-state index contributed by atoms with van der Waals surface area (Å²) < 4.78 is 0. The predicted molar refractivity (Wildman–Crippen MR) is 51.8 cm³/mol. The van der Waals surface area contributed by atoms with Crippen LogP contribution in [0, 0.1) is 0 Å². The number of pyridine rings is 1. The van der Waals surface area contributed by atoms with Crippen LogP contribution in [0.25, 0.3) is 0 Å². The molecule has 14 heavy (non-hydrogen) atoms. The number of carbonyl (C=O) groups excluding carboxylic acids is 1. The first-order valence-electron chi connectivity index (χ1n) is 4.86. The summed E-state index contributed by atoms with van der Waals surface area (Å²) in [5, 5.41) is 2.81. The number of anilines is 1. The number of fused-ring (bicyclic) bond motifs is 1. The quantitative estimate of drug-likeness (QED) is 0.729. The minimum absolute atomic E-state index is 0.00120. The van der Waals surface area contributed by atoms with Crippen LogP contribution < -0.4 is 5.32 Å². The molecule has 72 valence electrons. The number of urea groups is 1. The molecule has 0 radical (unpaired) electrons. The zero-order valence-electron chi connectivity index (χ0n) is 7.73. The Morgan fingerprint density at radius 3 is 3.14 bits per heavy atom. The third-order valence-corrected chi connectivity index (χ3v) is 2.71. The van der Waals surface area contributed by atoms with E-state index >= 15 is 0 Å². The standard InChI is InChI=1S/C10H11N3O/c14-10-12-9-7(2-1-5-11-9)6-13(10)8-3-4-8/h1-2,5,8H,3-4,6H2,(H,11,12,14). The van der Waals surface area contributed by atoms with Crippen molar-refractivity contribution in [2.45, 2.75) is 25.4 Å². The van der Waals surface area contributed by atoms with Gasteiger partial charge in [-0.05, 0) is 18.9 Å². The molecule has 4 nitrogen and oxygen atoms in total. The average Bonchev–Trinajstić information content (AvgIpc) is 3.00. The Kier molecular flexibility index (Phi) is 1.50. The molecular weight excluding hydrogens is 178 g/mol. The summed E-state index contributed by atoms with van der Waals surface area (Å²) in [7, 11) is 0. The molecule has 0 spiro atoms. The Morgan fingerprint density at radius 1 is 1.50 bits per heavy atom. The second-order valence-electron chi connectivity index (χ2n) is 3.80. The van der Waals surface area contributed by atoms with Crippen LogP contribution >= 0.6 is 0 Å². The van der Waals surface area contributed by atoms with Crippen LogP contribution in [0.2, 0.25) is 0 Å². The Bertz CT molecular complexity index is 387. The van der Waals surface area contributed by atoms with Gasteiger partial charge in [0.1, 0.15) is 5.82 Å². The Labute approximate surface area is 81.9 Å². The van der Waals surface area contributed by atoms with Gasteiger partial charge in [0.05, 0.1) is 6.54 Å². The van der Waals surface area contributed by atoms with Gasteiger partial charge in [-0.1, -0.05) is 6.07 Å². The number of carbonyl (C=O) groups is 1. The topological polar surface area (TPSA) is 45.2 Å². The number of hydrogen-bond donors (Lipinski definition) is 1. The molecule has 4 heteroatoms. The maximum atomic E-state index is 11.6. The highest BCUT2D eigenvalue weighted by atomic mass is 16.2. The lowest BCUT2D eigenvalue weighted by Crippen LogP contribution is -2.40. The normalized spacial score (nSPS) is 20.3. The van der Waals surface area contributed by atoms with Gasteiger partial charge in [0, 0.05) is 17.8 Å². The summed E-state index contributed by atoms with van der Waals surface area (Å²) in [6.07, 6.45) is 3.98. The first-order valence-corrected chi connectivity index (χ1v) is 4.86. The Morgan fingerprint density at radius 2 is 2.36 bits per heavy atom. The molecule has 0 unspecified atom stereocenters. The van der Waals surface area contributed by atoms with E-state index in [1.807, 2.05) is 17.0 Å². The lowest BCUT2D eigenvalue weighted by molar-refractivity contribution is 0.203. The minimum atomic E-state index is -0.00120. The zero-order chi connectivity index (χ0) is 9.54. The molecule has 1 aromatic rings. The first kappa shape index (κ1) is 7.79. The fourth-order valence-corrected chi connectivity index (χ4v) is 1.79. The van der Waals surface area contributed by atoms with Gasteiger partial charge in [-0.3, -0.25) is 5.32 Å². The van der Waals surface area contributed by atoms with Gasteiger partial charge in [-0.25, -0.2) is 9.78 Å². The van der Waals surface area contributed by atoms with Crippen LogP contribution in [0.1, 0.15) is 18.4 Å². The molecule has 0 aromatic carbocycles. The highest BCUT2D eigenvalue weighted by molar-refractivity contribution is 5.91. The van der Waals surface area contributed by atoms with Crippen molar-refractivity contribution >= 4 is 11.8 Å². The second-order valence-corrected chi connectivity index (χ2v) is 3.80. The van der Waals surface area contributed by atoms with Gasteiger partial charge >= 0.3 is 6.03 Å². The van der Waals surface area contributed by atoms with Crippen LogP contribution in [-0.4, -0.2) is 22.0 Å². The van der Waals surface area contributed by atoms with Gasteiger partial charge in [0.15, 0.2) is 0 Å². The van der Waals surface area contributed by atoms with Crippen molar-refractivity contribution in [2.24, 2.45) is 0 Å². The van der Waals surface area contributed by atoms with E-state index in [0.29, 0.717) is 12.6 Å². The van der Waals surface area contributed by atoms with E-state index < -0.39 is 0 Å². The van der Waals surface area contributed by atoms with Crippen LogP contribution in [0.4, 0.5) is 10.6 Å². The van der Waals surface area contributed by atoms with Gasteiger partial charge in [0.2, 0.25) is 0 Å². The van der Waals surface area contributed by atoms with E-state index in [1.165, 1.54) is 0 Å². The summed E-state index contributed by atoms with van der Waals surface area (Å²) >= 11 is 0. The average molecular weight is 189 g/mol. The Hall–Kier alpha value is -1.58. The van der Waals surface area contributed by atoms with Gasteiger partial charge in [-0.15, -0.1) is 0 Å². The molecule has 2 heterocycles. The summed E-state index contributed by atoms with van der Waals surface area (Å²) in [5.74, 6) is 0.717. The lowest BCUT2D eigenvalue weighted by atomic mass is 10.2. The van der Waals surface area contributed by atoms with Crippen molar-refractivity contribution < 1.29 is 4.79 Å². The van der Waals surface area contributed by atoms with E-state index in [0.717, 1.165) is 24.2 Å². The van der Waals surface area contributed by atoms with Gasteiger partial charge in [-0.2, -0.15) is 0 Å². The van der Waals surface area contributed by atoms with Crippen LogP contribution in [-0.2, 0) is 6.54 Å². The zero-order valence-corrected chi connectivity index (χ0v) is 7.73. The number of amides is 2. The minimum Gasteiger partial charge on any atom is -0.317 e. The van der Waals surface area contributed by atoms with Crippen LogP contribution in [0.3, 0.4) is 0 Å². The van der Waals surface area contributed by atoms with Crippen molar-refractivity contribution in [1.29, 1.82) is 0 Å². The first-order chi connectivity index (χ1) is 6.84. The van der Waals surface area contributed by atoms with Crippen molar-refractivity contribution in [3.63, 3.8) is 0 Å². The molecule has 2 aliphatic rings. The van der Waals surface area contributed by atoms with E-state index in [4.69, 9.17) is 0 Å². The molecule has 2 amide bonds. The summed E-state index contributed by atoms with van der Waals surface area (Å²) in [4.78, 5) is 17.6. The summed E-state index contributed by atoms with van der Waals surface area (Å²) in [5.41, 5.74) is 1.11.